The predicted octanol–water partition coefficient (Wildman–Crippen LogP) is 3.22. The number of ether oxygens (including phenoxy) is 1. The van der Waals surface area contributed by atoms with Gasteiger partial charge in [0.05, 0.1) is 7.11 Å². The molecule has 4 heteroatoms. The lowest BCUT2D eigenvalue weighted by Crippen LogP contribution is -2.57. The van der Waals surface area contributed by atoms with E-state index in [0.29, 0.717) is 23.7 Å². The van der Waals surface area contributed by atoms with Gasteiger partial charge in [-0.05, 0) is 62.9 Å². The number of nitrogens with zero attached hydrogens (tertiary/aromatic N) is 1. The summed E-state index contributed by atoms with van der Waals surface area (Å²) in [5.41, 5.74) is 0.715. The average molecular weight is 316 g/mol. The van der Waals surface area contributed by atoms with Crippen molar-refractivity contribution in [2.75, 3.05) is 13.7 Å². The predicted molar refractivity (Wildman–Crippen MR) is 91.9 cm³/mol. The highest BCUT2D eigenvalue weighted by Crippen LogP contribution is 2.34. The molecule has 2 aliphatic rings. The maximum absolute atomic E-state index is 12.5. The Balaban J connectivity index is 1.61. The third kappa shape index (κ3) is 3.69. The minimum atomic E-state index is 0.0414. The van der Waals surface area contributed by atoms with Gasteiger partial charge >= 0.3 is 0 Å². The largest absolute Gasteiger partial charge is 0.497 e. The molecule has 2 atom stereocenters. The Morgan fingerprint density at radius 2 is 1.87 bits per heavy atom. The fourth-order valence-electron chi connectivity index (χ4n) is 4.23. The van der Waals surface area contributed by atoms with Gasteiger partial charge in [0.15, 0.2) is 0 Å². The number of benzene rings is 1. The first kappa shape index (κ1) is 16.3. The van der Waals surface area contributed by atoms with E-state index in [0.717, 1.165) is 18.6 Å². The SMILES string of the molecule is CCCN1[C@@H]2CCC[C@@H]1CC(NC(=O)c1ccc(OC)cc1)C2. The number of methoxy groups -OCH3 is 1. The molecule has 0 spiro atoms. The van der Waals surface area contributed by atoms with E-state index in [1.807, 2.05) is 24.3 Å². The van der Waals surface area contributed by atoms with Crippen LogP contribution in [0.3, 0.4) is 0 Å². The van der Waals surface area contributed by atoms with Crippen LogP contribution < -0.4 is 10.1 Å². The van der Waals surface area contributed by atoms with Crippen molar-refractivity contribution in [2.45, 2.75) is 63.6 Å². The number of nitrogens with one attached hydrogen (secondary N) is 1. The average Bonchev–Trinajstić information content (AvgIpc) is 2.56. The molecule has 126 valence electrons. The Morgan fingerprint density at radius 3 is 2.43 bits per heavy atom. The highest BCUT2D eigenvalue weighted by molar-refractivity contribution is 5.94. The van der Waals surface area contributed by atoms with Gasteiger partial charge in [0.1, 0.15) is 5.75 Å². The number of amides is 1. The van der Waals surface area contributed by atoms with Crippen molar-refractivity contribution in [3.63, 3.8) is 0 Å². The van der Waals surface area contributed by atoms with Crippen LogP contribution in [0.15, 0.2) is 24.3 Å². The van der Waals surface area contributed by atoms with Crippen molar-refractivity contribution in [1.82, 2.24) is 10.2 Å². The molecular weight excluding hydrogens is 288 g/mol. The van der Waals surface area contributed by atoms with Gasteiger partial charge in [-0.15, -0.1) is 0 Å². The van der Waals surface area contributed by atoms with E-state index in [2.05, 4.69) is 17.1 Å². The van der Waals surface area contributed by atoms with Gasteiger partial charge in [-0.2, -0.15) is 0 Å². The van der Waals surface area contributed by atoms with E-state index in [-0.39, 0.29) is 5.91 Å². The van der Waals surface area contributed by atoms with Crippen molar-refractivity contribution >= 4 is 5.91 Å². The van der Waals surface area contributed by atoms with Crippen LogP contribution in [0, 0.1) is 0 Å². The van der Waals surface area contributed by atoms with Gasteiger partial charge in [-0.25, -0.2) is 0 Å². The van der Waals surface area contributed by atoms with Crippen molar-refractivity contribution in [3.05, 3.63) is 29.8 Å². The zero-order chi connectivity index (χ0) is 16.2. The van der Waals surface area contributed by atoms with Crippen LogP contribution in [0.25, 0.3) is 0 Å². The maximum Gasteiger partial charge on any atom is 0.251 e. The minimum Gasteiger partial charge on any atom is -0.497 e. The Labute approximate surface area is 139 Å². The third-order valence-electron chi connectivity index (χ3n) is 5.30. The second-order valence-corrected chi connectivity index (χ2v) is 6.85. The molecule has 1 aromatic rings. The molecule has 23 heavy (non-hydrogen) atoms. The first-order valence-corrected chi connectivity index (χ1v) is 8.92. The summed E-state index contributed by atoms with van der Waals surface area (Å²) in [6.07, 6.45) is 7.32. The van der Waals surface area contributed by atoms with Crippen LogP contribution in [0.1, 0.15) is 55.8 Å². The van der Waals surface area contributed by atoms with Crippen molar-refractivity contribution in [2.24, 2.45) is 0 Å². The molecular formula is C19H28N2O2. The molecule has 0 aliphatic carbocycles. The van der Waals surface area contributed by atoms with E-state index >= 15 is 0 Å². The summed E-state index contributed by atoms with van der Waals surface area (Å²) < 4.78 is 5.15. The molecule has 1 amide bonds. The van der Waals surface area contributed by atoms with Gasteiger partial charge in [-0.1, -0.05) is 13.3 Å². The normalized spacial score (nSPS) is 27.5. The molecule has 0 unspecified atom stereocenters. The highest BCUT2D eigenvalue weighted by atomic mass is 16.5. The number of carbonyl (C=O) groups is 1. The summed E-state index contributed by atoms with van der Waals surface area (Å²) in [7, 11) is 1.64. The fourth-order valence-corrected chi connectivity index (χ4v) is 4.23. The van der Waals surface area contributed by atoms with Crippen LogP contribution in [0.4, 0.5) is 0 Å². The second-order valence-electron chi connectivity index (χ2n) is 6.85. The van der Waals surface area contributed by atoms with Gasteiger partial charge < -0.3 is 10.1 Å². The first-order valence-electron chi connectivity index (χ1n) is 8.92. The van der Waals surface area contributed by atoms with Crippen LogP contribution >= 0.6 is 0 Å². The molecule has 1 N–H and O–H groups in total. The lowest BCUT2D eigenvalue weighted by Gasteiger charge is -2.49. The van der Waals surface area contributed by atoms with E-state index in [9.17, 15) is 4.79 Å². The van der Waals surface area contributed by atoms with Crippen LogP contribution in [-0.4, -0.2) is 42.6 Å². The molecule has 4 nitrogen and oxygen atoms in total. The van der Waals surface area contributed by atoms with Crippen LogP contribution in [-0.2, 0) is 0 Å². The Bertz CT molecular complexity index is 515. The molecule has 3 rings (SSSR count). The zero-order valence-electron chi connectivity index (χ0n) is 14.3. The van der Waals surface area contributed by atoms with Gasteiger partial charge in [0, 0.05) is 23.7 Å². The monoisotopic (exact) mass is 316 g/mol. The van der Waals surface area contributed by atoms with Gasteiger partial charge in [-0.3, -0.25) is 9.69 Å². The van der Waals surface area contributed by atoms with Crippen LogP contribution in [0.2, 0.25) is 0 Å². The molecule has 2 heterocycles. The molecule has 2 aliphatic heterocycles. The van der Waals surface area contributed by atoms with E-state index in [4.69, 9.17) is 4.74 Å². The third-order valence-corrected chi connectivity index (χ3v) is 5.30. The summed E-state index contributed by atoms with van der Waals surface area (Å²) in [5, 5.41) is 3.26. The fraction of sp³-hybridized carbons (Fsp3) is 0.632. The molecule has 2 fully saturated rings. The summed E-state index contributed by atoms with van der Waals surface area (Å²) in [6, 6.07) is 8.98. The standard InChI is InChI=1S/C19H28N2O2/c1-3-11-21-16-5-4-6-17(21)13-15(12-16)20-19(22)14-7-9-18(23-2)10-8-14/h7-10,15-17H,3-6,11-13H2,1-2H3,(H,20,22)/t16-,17-/m1/s1. The minimum absolute atomic E-state index is 0.0414. The molecule has 2 saturated heterocycles. The van der Waals surface area contributed by atoms with Crippen molar-refractivity contribution < 1.29 is 9.53 Å². The summed E-state index contributed by atoms with van der Waals surface area (Å²) in [5.74, 6) is 0.823. The number of carbonyl (C=O) groups excluding carboxylic acids is 1. The number of piperidine rings is 2. The lowest BCUT2D eigenvalue weighted by molar-refractivity contribution is 0.0245. The van der Waals surface area contributed by atoms with E-state index in [1.165, 1.54) is 32.2 Å². The zero-order valence-corrected chi connectivity index (χ0v) is 14.3. The van der Waals surface area contributed by atoms with Crippen molar-refractivity contribution in [3.8, 4) is 5.75 Å². The van der Waals surface area contributed by atoms with Crippen molar-refractivity contribution in [1.29, 1.82) is 0 Å². The maximum atomic E-state index is 12.5. The highest BCUT2D eigenvalue weighted by Gasteiger charge is 2.38. The Morgan fingerprint density at radius 1 is 1.22 bits per heavy atom. The topological polar surface area (TPSA) is 41.6 Å². The van der Waals surface area contributed by atoms with E-state index in [1.54, 1.807) is 7.11 Å². The lowest BCUT2D eigenvalue weighted by atomic mass is 9.81. The molecule has 2 bridgehead atoms. The molecule has 0 radical (unpaired) electrons. The number of hydrogen-bond acceptors (Lipinski definition) is 3. The number of hydrogen-bond donors (Lipinski definition) is 1. The quantitative estimate of drug-likeness (QED) is 0.907. The second kappa shape index (κ2) is 7.35. The summed E-state index contributed by atoms with van der Waals surface area (Å²) >= 11 is 0. The Hall–Kier alpha value is -1.55. The Kier molecular flexibility index (Phi) is 5.21. The molecule has 1 aromatic carbocycles. The van der Waals surface area contributed by atoms with Crippen LogP contribution in [0.5, 0.6) is 5.75 Å². The van der Waals surface area contributed by atoms with Gasteiger partial charge in [0.2, 0.25) is 0 Å². The smallest absolute Gasteiger partial charge is 0.251 e. The molecule has 0 saturated carbocycles. The summed E-state index contributed by atoms with van der Waals surface area (Å²) in [6.45, 7) is 3.46. The summed E-state index contributed by atoms with van der Waals surface area (Å²) in [4.78, 5) is 15.2. The first-order chi connectivity index (χ1) is 11.2. The van der Waals surface area contributed by atoms with Gasteiger partial charge in [0.25, 0.3) is 5.91 Å². The number of fused-ring (bicyclic) bond motifs is 2. The molecule has 0 aromatic heterocycles. The van der Waals surface area contributed by atoms with E-state index < -0.39 is 0 Å². The number of rotatable bonds is 5.